The van der Waals surface area contributed by atoms with E-state index in [9.17, 15) is 4.79 Å². The van der Waals surface area contributed by atoms with Gasteiger partial charge in [-0.2, -0.15) is 0 Å². The van der Waals surface area contributed by atoms with E-state index in [1.807, 2.05) is 12.1 Å². The molecule has 1 aliphatic heterocycles. The average molecular weight is 371 g/mol. The molecule has 2 aliphatic carbocycles. The second-order valence-electron chi connectivity index (χ2n) is 8.87. The summed E-state index contributed by atoms with van der Waals surface area (Å²) in [6.07, 6.45) is 10.3. The highest BCUT2D eigenvalue weighted by Crippen LogP contribution is 2.43. The zero-order chi connectivity index (χ0) is 18.8. The lowest BCUT2D eigenvalue weighted by molar-refractivity contribution is -0.141. The molecule has 0 spiro atoms. The summed E-state index contributed by atoms with van der Waals surface area (Å²) in [5.74, 6) is 2.55. The minimum absolute atomic E-state index is 0.180. The number of nitrogens with two attached hydrogens (primary N) is 1. The number of hydrogen-bond acceptors (Lipinski definition) is 3. The summed E-state index contributed by atoms with van der Waals surface area (Å²) in [4.78, 5) is 15.8. The van der Waals surface area contributed by atoms with Crippen LogP contribution in [0.3, 0.4) is 0 Å². The topological polar surface area (TPSA) is 55.6 Å². The van der Waals surface area contributed by atoms with Crippen molar-refractivity contribution < 1.29 is 9.53 Å². The standard InChI is InChI=1S/C23H34N2O2/c1-27-20-11-9-16(10-12-20)21-8-3-2-4-13-25(21)23(26)19-14-17-6-5-7-18(15-19)22(17)24/h9-12,17-19,21-22H,2-8,13-15,24H2,1H3. The van der Waals surface area contributed by atoms with Gasteiger partial charge < -0.3 is 15.4 Å². The van der Waals surface area contributed by atoms with Crippen molar-refractivity contribution in [3.05, 3.63) is 29.8 Å². The highest BCUT2D eigenvalue weighted by atomic mass is 16.5. The zero-order valence-corrected chi connectivity index (χ0v) is 16.6. The maximum absolute atomic E-state index is 13.6. The lowest BCUT2D eigenvalue weighted by Gasteiger charge is -2.45. The number of amides is 1. The molecule has 2 bridgehead atoms. The Morgan fingerprint density at radius 2 is 1.70 bits per heavy atom. The molecule has 148 valence electrons. The molecule has 3 fully saturated rings. The zero-order valence-electron chi connectivity index (χ0n) is 16.6. The molecular formula is C23H34N2O2. The van der Waals surface area contributed by atoms with E-state index in [1.54, 1.807) is 7.11 Å². The van der Waals surface area contributed by atoms with Gasteiger partial charge in [-0.3, -0.25) is 4.79 Å². The average Bonchev–Trinajstić information content (AvgIpc) is 2.93. The molecule has 2 saturated carbocycles. The van der Waals surface area contributed by atoms with E-state index >= 15 is 0 Å². The predicted octanol–water partition coefficient (Wildman–Crippen LogP) is 4.29. The summed E-state index contributed by atoms with van der Waals surface area (Å²) >= 11 is 0. The van der Waals surface area contributed by atoms with Crippen LogP contribution in [0.5, 0.6) is 5.75 Å². The van der Waals surface area contributed by atoms with Gasteiger partial charge in [-0.05, 0) is 68.1 Å². The van der Waals surface area contributed by atoms with Crippen LogP contribution in [0.1, 0.15) is 69.4 Å². The minimum atomic E-state index is 0.180. The van der Waals surface area contributed by atoms with E-state index in [0.29, 0.717) is 23.8 Å². The number of methoxy groups -OCH3 is 1. The second kappa shape index (κ2) is 8.22. The molecule has 3 aliphatic rings. The van der Waals surface area contributed by atoms with Crippen LogP contribution in [0, 0.1) is 17.8 Å². The summed E-state index contributed by atoms with van der Waals surface area (Å²) in [5.41, 5.74) is 7.71. The van der Waals surface area contributed by atoms with E-state index in [2.05, 4.69) is 17.0 Å². The van der Waals surface area contributed by atoms with Crippen LogP contribution >= 0.6 is 0 Å². The van der Waals surface area contributed by atoms with Crippen molar-refractivity contribution in [2.75, 3.05) is 13.7 Å². The largest absolute Gasteiger partial charge is 0.497 e. The Morgan fingerprint density at radius 3 is 2.37 bits per heavy atom. The van der Waals surface area contributed by atoms with E-state index in [0.717, 1.165) is 38.0 Å². The van der Waals surface area contributed by atoms with Gasteiger partial charge in [0.1, 0.15) is 5.75 Å². The molecule has 3 atom stereocenters. The second-order valence-corrected chi connectivity index (χ2v) is 8.87. The maximum atomic E-state index is 13.6. The van der Waals surface area contributed by atoms with Crippen LogP contribution in [0.15, 0.2) is 24.3 Å². The summed E-state index contributed by atoms with van der Waals surface area (Å²) in [6.45, 7) is 0.896. The van der Waals surface area contributed by atoms with Crippen LogP contribution in [0.2, 0.25) is 0 Å². The van der Waals surface area contributed by atoms with Crippen molar-refractivity contribution in [1.29, 1.82) is 0 Å². The Bertz CT molecular complexity index is 630. The van der Waals surface area contributed by atoms with Gasteiger partial charge in [0.05, 0.1) is 13.2 Å². The number of nitrogens with zero attached hydrogens (tertiary/aromatic N) is 1. The Kier molecular flexibility index (Phi) is 5.72. The number of benzene rings is 1. The third-order valence-electron chi connectivity index (χ3n) is 7.30. The van der Waals surface area contributed by atoms with Gasteiger partial charge in [-0.1, -0.05) is 31.4 Å². The molecule has 27 heavy (non-hydrogen) atoms. The molecule has 4 heteroatoms. The van der Waals surface area contributed by atoms with Crippen molar-refractivity contribution in [3.63, 3.8) is 0 Å². The number of rotatable bonds is 3. The Labute approximate surface area is 163 Å². The third-order valence-corrected chi connectivity index (χ3v) is 7.30. The van der Waals surface area contributed by atoms with E-state index in [4.69, 9.17) is 10.5 Å². The van der Waals surface area contributed by atoms with E-state index < -0.39 is 0 Å². The third kappa shape index (κ3) is 3.87. The lowest BCUT2D eigenvalue weighted by Crippen LogP contribution is -2.50. The first-order valence-corrected chi connectivity index (χ1v) is 10.9. The Morgan fingerprint density at radius 1 is 1.00 bits per heavy atom. The highest BCUT2D eigenvalue weighted by molar-refractivity contribution is 5.79. The van der Waals surface area contributed by atoms with Gasteiger partial charge in [0.15, 0.2) is 0 Å². The quantitative estimate of drug-likeness (QED) is 0.863. The van der Waals surface area contributed by atoms with Gasteiger partial charge in [-0.15, -0.1) is 0 Å². The first-order valence-electron chi connectivity index (χ1n) is 10.9. The molecule has 1 aromatic carbocycles. The van der Waals surface area contributed by atoms with Crippen molar-refractivity contribution >= 4 is 5.91 Å². The van der Waals surface area contributed by atoms with Crippen LogP contribution < -0.4 is 10.5 Å². The number of ether oxygens (including phenoxy) is 1. The molecule has 0 radical (unpaired) electrons. The normalized spacial score (nSPS) is 34.0. The number of likely N-dealkylation sites (tertiary alicyclic amines) is 1. The monoisotopic (exact) mass is 370 g/mol. The summed E-state index contributed by atoms with van der Waals surface area (Å²) in [5, 5.41) is 0. The van der Waals surface area contributed by atoms with Gasteiger partial charge in [-0.25, -0.2) is 0 Å². The molecule has 1 aromatic rings. The van der Waals surface area contributed by atoms with Gasteiger partial charge in [0.25, 0.3) is 0 Å². The minimum Gasteiger partial charge on any atom is -0.497 e. The van der Waals surface area contributed by atoms with Crippen LogP contribution in [-0.4, -0.2) is 30.5 Å². The van der Waals surface area contributed by atoms with Crippen molar-refractivity contribution in [1.82, 2.24) is 4.90 Å². The van der Waals surface area contributed by atoms with Gasteiger partial charge in [0.2, 0.25) is 5.91 Å². The Hall–Kier alpha value is -1.55. The maximum Gasteiger partial charge on any atom is 0.226 e. The fraction of sp³-hybridized carbons (Fsp3) is 0.696. The summed E-state index contributed by atoms with van der Waals surface area (Å²) in [6, 6.07) is 8.85. The fourth-order valence-corrected chi connectivity index (χ4v) is 5.77. The molecule has 1 amide bonds. The SMILES string of the molecule is COc1ccc(C2CCCCCN2C(=O)C2CC3CCCC(C2)C3N)cc1. The number of carbonyl (C=O) groups excluding carboxylic acids is 1. The number of hydrogen-bond donors (Lipinski definition) is 1. The molecular weight excluding hydrogens is 336 g/mol. The molecule has 4 rings (SSSR count). The van der Waals surface area contributed by atoms with Crippen molar-refractivity contribution in [2.45, 2.75) is 69.9 Å². The van der Waals surface area contributed by atoms with Crippen molar-refractivity contribution in [2.24, 2.45) is 23.5 Å². The van der Waals surface area contributed by atoms with E-state index in [-0.39, 0.29) is 12.0 Å². The molecule has 3 unspecified atom stereocenters. The smallest absolute Gasteiger partial charge is 0.226 e. The fourth-order valence-electron chi connectivity index (χ4n) is 5.77. The van der Waals surface area contributed by atoms with E-state index in [1.165, 1.54) is 37.7 Å². The molecule has 4 nitrogen and oxygen atoms in total. The Balaban J connectivity index is 1.54. The molecule has 1 heterocycles. The molecule has 2 N–H and O–H groups in total. The van der Waals surface area contributed by atoms with Gasteiger partial charge in [0, 0.05) is 18.5 Å². The first kappa shape index (κ1) is 18.8. The first-order chi connectivity index (χ1) is 13.2. The molecule has 1 saturated heterocycles. The number of carbonyl (C=O) groups is 1. The van der Waals surface area contributed by atoms with Gasteiger partial charge >= 0.3 is 0 Å². The highest BCUT2D eigenvalue weighted by Gasteiger charge is 2.42. The lowest BCUT2D eigenvalue weighted by atomic mass is 9.65. The van der Waals surface area contributed by atoms with Crippen LogP contribution in [0.25, 0.3) is 0 Å². The summed E-state index contributed by atoms with van der Waals surface area (Å²) in [7, 11) is 1.70. The number of fused-ring (bicyclic) bond motifs is 2. The van der Waals surface area contributed by atoms with Crippen LogP contribution in [-0.2, 0) is 4.79 Å². The predicted molar refractivity (Wildman–Crippen MR) is 107 cm³/mol. The molecule has 0 aromatic heterocycles. The summed E-state index contributed by atoms with van der Waals surface area (Å²) < 4.78 is 5.31. The van der Waals surface area contributed by atoms with Crippen molar-refractivity contribution in [3.8, 4) is 5.75 Å². The van der Waals surface area contributed by atoms with Crippen LogP contribution in [0.4, 0.5) is 0 Å².